The van der Waals surface area contributed by atoms with Crippen molar-refractivity contribution < 1.29 is 0 Å². The van der Waals surface area contributed by atoms with Crippen molar-refractivity contribution in [2.45, 2.75) is 19.8 Å². The van der Waals surface area contributed by atoms with Crippen LogP contribution in [0.3, 0.4) is 0 Å². The van der Waals surface area contributed by atoms with Crippen LogP contribution in [0.15, 0.2) is 237 Å². The Kier molecular flexibility index (Phi) is 11.7. The van der Waals surface area contributed by atoms with Gasteiger partial charge in [-0.15, -0.1) is 0 Å². The topological polar surface area (TPSA) is 6.48 Å². The van der Waals surface area contributed by atoms with E-state index in [0.29, 0.717) is 0 Å². The summed E-state index contributed by atoms with van der Waals surface area (Å²) >= 11 is 0. The molecule has 0 saturated heterocycles. The highest BCUT2D eigenvalue weighted by Crippen LogP contribution is 2.42. The number of rotatable bonds is 12. The molecule has 2 heteroatoms. The lowest BCUT2D eigenvalue weighted by atomic mass is 9.94. The molecule has 2 nitrogen and oxygen atoms in total. The van der Waals surface area contributed by atoms with Gasteiger partial charge < -0.3 is 9.80 Å². The lowest BCUT2D eigenvalue weighted by molar-refractivity contribution is 0.984. The van der Waals surface area contributed by atoms with Crippen molar-refractivity contribution in [2.24, 2.45) is 0 Å². The molecule has 65 heavy (non-hydrogen) atoms. The molecule has 1 aliphatic rings. The van der Waals surface area contributed by atoms with Crippen LogP contribution in [0.4, 0.5) is 34.1 Å². The van der Waals surface area contributed by atoms with E-state index in [1.54, 1.807) is 0 Å². The summed E-state index contributed by atoms with van der Waals surface area (Å²) in [4.78, 5) is 4.77. The molecule has 0 unspecified atom stereocenters. The molecule has 0 atom stereocenters. The first-order valence-electron chi connectivity index (χ1n) is 22.5. The maximum absolute atomic E-state index is 3.85. The van der Waals surface area contributed by atoms with Crippen LogP contribution in [0.25, 0.3) is 56.5 Å². The first kappa shape index (κ1) is 40.8. The Bertz CT molecular complexity index is 3250. The fourth-order valence-electron chi connectivity index (χ4n) is 9.09. The van der Waals surface area contributed by atoms with Crippen LogP contribution in [-0.2, 0) is 6.42 Å². The molecule has 9 aromatic carbocycles. The highest BCUT2D eigenvalue weighted by Gasteiger charge is 2.20. The van der Waals surface area contributed by atoms with Gasteiger partial charge in [0.2, 0.25) is 0 Å². The van der Waals surface area contributed by atoms with Gasteiger partial charge in [-0.1, -0.05) is 189 Å². The fraction of sp³-hybridized carbons (Fsp3) is 0.0476. The van der Waals surface area contributed by atoms with Gasteiger partial charge in [0.25, 0.3) is 0 Å². The second-order valence-corrected chi connectivity index (χ2v) is 16.5. The maximum Gasteiger partial charge on any atom is 0.0540 e. The number of nitrogens with zero attached hydrogens (tertiary/aromatic N) is 2. The molecule has 0 radical (unpaired) electrons. The minimum Gasteiger partial charge on any atom is -0.310 e. The van der Waals surface area contributed by atoms with Gasteiger partial charge in [0.1, 0.15) is 0 Å². The van der Waals surface area contributed by atoms with E-state index in [1.807, 2.05) is 12.2 Å². The van der Waals surface area contributed by atoms with Gasteiger partial charge in [0.05, 0.1) is 11.4 Å². The molecule has 312 valence electrons. The summed E-state index contributed by atoms with van der Waals surface area (Å²) in [6, 6.07) is 72.8. The normalized spacial score (nSPS) is 12.5. The molecule has 0 bridgehead atoms. The van der Waals surface area contributed by atoms with Gasteiger partial charge >= 0.3 is 0 Å². The van der Waals surface area contributed by atoms with Crippen molar-refractivity contribution in [3.63, 3.8) is 0 Å². The van der Waals surface area contributed by atoms with E-state index >= 15 is 0 Å². The van der Waals surface area contributed by atoms with Gasteiger partial charge in [0, 0.05) is 33.7 Å². The molecular weight excluding hydrogens is 785 g/mol. The minimum absolute atomic E-state index is 1.06. The lowest BCUT2D eigenvalue weighted by Crippen LogP contribution is -2.13. The summed E-state index contributed by atoms with van der Waals surface area (Å²) in [5.74, 6) is 0. The number of benzene rings is 9. The Balaban J connectivity index is 0.940. The smallest absolute Gasteiger partial charge is 0.0540 e. The van der Waals surface area contributed by atoms with Crippen molar-refractivity contribution in [3.05, 3.63) is 265 Å². The zero-order valence-electron chi connectivity index (χ0n) is 36.7. The summed E-state index contributed by atoms with van der Waals surface area (Å²) < 4.78 is 0. The van der Waals surface area contributed by atoms with Crippen molar-refractivity contribution in [2.75, 3.05) is 9.80 Å². The number of fused-ring (bicyclic) bond motifs is 3. The summed E-state index contributed by atoms with van der Waals surface area (Å²) in [5.41, 5.74) is 16.5. The van der Waals surface area contributed by atoms with E-state index in [2.05, 4.69) is 260 Å². The van der Waals surface area contributed by atoms with Crippen LogP contribution in [0.5, 0.6) is 0 Å². The summed E-state index contributed by atoms with van der Waals surface area (Å²) in [6.45, 7) is 5.92. The summed E-state index contributed by atoms with van der Waals surface area (Å²) in [5, 5.41) is 4.82. The average Bonchev–Trinajstić information content (AvgIpc) is 3.37. The number of anilines is 6. The standard InChI is InChI=1S/C63H50N2/c1-3-5-15-48(4-2)50-32-39-57(40-33-50)64(62-24-13-20-52-18-9-11-22-60(52)62)56-37-29-46(30-38-56)26-27-47-28-31-55-45-59(43-36-54(55)44-47)65(63-25-14-21-53-19-10-12-23-61(53)63)58-41-34-51(35-42-58)49-16-7-6-8-17-49/h3-9,11-18,20-45H,1,10,19H2,2H3/b15-5-,27-26+,48-4+. The third-order valence-electron chi connectivity index (χ3n) is 12.4. The van der Waals surface area contributed by atoms with Crippen molar-refractivity contribution in [3.8, 4) is 11.1 Å². The van der Waals surface area contributed by atoms with Crippen LogP contribution < -0.4 is 9.80 Å². The predicted molar refractivity (Wildman–Crippen MR) is 282 cm³/mol. The molecule has 0 aliphatic heterocycles. The average molecular weight is 835 g/mol. The summed E-state index contributed by atoms with van der Waals surface area (Å²) in [7, 11) is 0. The van der Waals surface area contributed by atoms with E-state index in [0.717, 1.165) is 63.5 Å². The van der Waals surface area contributed by atoms with Gasteiger partial charge in [-0.25, -0.2) is 0 Å². The number of hydrogen-bond donors (Lipinski definition) is 0. The minimum atomic E-state index is 1.06. The second-order valence-electron chi connectivity index (χ2n) is 16.5. The third-order valence-corrected chi connectivity index (χ3v) is 12.4. The van der Waals surface area contributed by atoms with E-state index < -0.39 is 0 Å². The first-order chi connectivity index (χ1) is 32.1. The Morgan fingerprint density at radius 1 is 0.508 bits per heavy atom. The fourth-order valence-corrected chi connectivity index (χ4v) is 9.09. The van der Waals surface area contributed by atoms with Crippen molar-refractivity contribution in [1.82, 2.24) is 0 Å². The van der Waals surface area contributed by atoms with E-state index in [-0.39, 0.29) is 0 Å². The highest BCUT2D eigenvalue weighted by atomic mass is 15.1. The third kappa shape index (κ3) is 8.63. The molecule has 10 rings (SSSR count). The predicted octanol–water partition coefficient (Wildman–Crippen LogP) is 17.9. The molecule has 9 aromatic rings. The summed E-state index contributed by atoms with van der Waals surface area (Å²) in [6.07, 6.45) is 19.2. The molecule has 0 fully saturated rings. The Labute approximate surface area is 383 Å². The molecule has 0 heterocycles. The number of hydrogen-bond acceptors (Lipinski definition) is 2. The largest absolute Gasteiger partial charge is 0.310 e. The molecule has 0 amide bonds. The first-order valence-corrected chi connectivity index (χ1v) is 22.5. The SMILES string of the molecule is C=C/C=C\C(=C/C)c1ccc(N(c2ccc(/C=C/c3ccc4cc(N(c5ccc(-c6ccccc6)cc5)c5cccc6c5C=CCC6)ccc4c3)cc2)c2cccc3ccccc23)cc1. The molecule has 0 aromatic heterocycles. The van der Waals surface area contributed by atoms with Crippen LogP contribution >= 0.6 is 0 Å². The van der Waals surface area contributed by atoms with E-state index in [9.17, 15) is 0 Å². The lowest BCUT2D eigenvalue weighted by Gasteiger charge is -2.29. The highest BCUT2D eigenvalue weighted by molar-refractivity contribution is 5.99. The number of allylic oxidation sites excluding steroid dienone is 6. The van der Waals surface area contributed by atoms with Crippen LogP contribution in [-0.4, -0.2) is 0 Å². The molecule has 0 spiro atoms. The Hall–Kier alpha value is -8.20. The quantitative estimate of drug-likeness (QED) is 0.0894. The van der Waals surface area contributed by atoms with Gasteiger partial charge in [-0.05, 0) is 142 Å². The molecule has 0 N–H and O–H groups in total. The van der Waals surface area contributed by atoms with Gasteiger partial charge in [-0.3, -0.25) is 0 Å². The van der Waals surface area contributed by atoms with Crippen molar-refractivity contribution in [1.29, 1.82) is 0 Å². The van der Waals surface area contributed by atoms with Crippen molar-refractivity contribution >= 4 is 79.5 Å². The Morgan fingerprint density at radius 3 is 1.89 bits per heavy atom. The van der Waals surface area contributed by atoms with E-state index in [1.165, 1.54) is 49.5 Å². The zero-order chi connectivity index (χ0) is 44.0. The maximum atomic E-state index is 3.85. The monoisotopic (exact) mass is 834 g/mol. The van der Waals surface area contributed by atoms with Gasteiger partial charge in [-0.2, -0.15) is 0 Å². The zero-order valence-corrected chi connectivity index (χ0v) is 36.7. The van der Waals surface area contributed by atoms with Crippen LogP contribution in [0.1, 0.15) is 41.2 Å². The van der Waals surface area contributed by atoms with Gasteiger partial charge in [0.15, 0.2) is 0 Å². The Morgan fingerprint density at radius 2 is 1.11 bits per heavy atom. The van der Waals surface area contributed by atoms with Crippen LogP contribution in [0.2, 0.25) is 0 Å². The van der Waals surface area contributed by atoms with Crippen LogP contribution in [0, 0.1) is 0 Å². The molecule has 1 aliphatic carbocycles. The van der Waals surface area contributed by atoms with E-state index in [4.69, 9.17) is 0 Å². The second kappa shape index (κ2) is 18.6. The molecule has 0 saturated carbocycles. The number of aryl methyl sites for hydroxylation is 1. The molecular formula is C63H50N2.